The molecule has 1 N–H and O–H groups in total. The van der Waals surface area contributed by atoms with Gasteiger partial charge in [0.05, 0.1) is 25.0 Å². The van der Waals surface area contributed by atoms with Gasteiger partial charge in [-0.1, -0.05) is 0 Å². The third-order valence-electron chi connectivity index (χ3n) is 5.75. The molecule has 0 unspecified atom stereocenters. The molecule has 3 heterocycles. The van der Waals surface area contributed by atoms with Crippen LogP contribution in [-0.4, -0.2) is 48.9 Å². The molecule has 25 heavy (non-hydrogen) atoms. The Hall–Kier alpha value is -1.53. The lowest BCUT2D eigenvalue weighted by atomic mass is 9.82. The fourth-order valence-corrected chi connectivity index (χ4v) is 4.45. The lowest BCUT2D eigenvalue weighted by Crippen LogP contribution is -2.51. The van der Waals surface area contributed by atoms with Gasteiger partial charge in [-0.2, -0.15) is 0 Å². The molecule has 2 aliphatic heterocycles. The van der Waals surface area contributed by atoms with Gasteiger partial charge in [0.15, 0.2) is 0 Å². The maximum atomic E-state index is 13.0. The lowest BCUT2D eigenvalue weighted by molar-refractivity contribution is 0.0510. The Morgan fingerprint density at radius 1 is 1.16 bits per heavy atom. The largest absolute Gasteiger partial charge is 0.467 e. The van der Waals surface area contributed by atoms with E-state index < -0.39 is 0 Å². The highest BCUT2D eigenvalue weighted by Gasteiger charge is 2.39. The Morgan fingerprint density at radius 3 is 2.92 bits per heavy atom. The maximum Gasteiger partial charge on any atom is 0.318 e. The summed E-state index contributed by atoms with van der Waals surface area (Å²) in [5, 5.41) is 3.29. The van der Waals surface area contributed by atoms with E-state index in [4.69, 9.17) is 13.9 Å². The Bertz CT molecular complexity index is 556. The summed E-state index contributed by atoms with van der Waals surface area (Å²) in [6.45, 7) is 2.72. The molecule has 3 aliphatic rings. The normalized spacial score (nSPS) is 31.7. The topological polar surface area (TPSA) is 63.9 Å². The molecule has 0 spiro atoms. The zero-order valence-corrected chi connectivity index (χ0v) is 14.7. The summed E-state index contributed by atoms with van der Waals surface area (Å²) in [5.74, 6) is 1.27. The first kappa shape index (κ1) is 16.9. The van der Waals surface area contributed by atoms with E-state index in [9.17, 15) is 4.79 Å². The highest BCUT2D eigenvalue weighted by atomic mass is 16.5. The van der Waals surface area contributed by atoms with Crippen molar-refractivity contribution in [1.82, 2.24) is 10.2 Å². The van der Waals surface area contributed by atoms with Crippen molar-refractivity contribution in [3.05, 3.63) is 24.2 Å². The zero-order chi connectivity index (χ0) is 17.1. The Balaban J connectivity index is 1.40. The molecule has 1 aromatic heterocycles. The molecule has 1 saturated carbocycles. The number of nitrogens with one attached hydrogen (secondary N) is 1. The molecule has 6 nitrogen and oxygen atoms in total. The molecule has 2 amide bonds. The fourth-order valence-electron chi connectivity index (χ4n) is 4.45. The summed E-state index contributed by atoms with van der Waals surface area (Å²) < 4.78 is 17.0. The molecule has 1 aliphatic carbocycles. The predicted molar refractivity (Wildman–Crippen MR) is 92.1 cm³/mol. The molecule has 4 atom stereocenters. The van der Waals surface area contributed by atoms with Crippen LogP contribution in [0.3, 0.4) is 0 Å². The van der Waals surface area contributed by atoms with E-state index in [-0.39, 0.29) is 18.2 Å². The van der Waals surface area contributed by atoms with Crippen molar-refractivity contribution >= 4 is 6.03 Å². The van der Waals surface area contributed by atoms with Crippen molar-refractivity contribution in [1.29, 1.82) is 0 Å². The number of urea groups is 1. The van der Waals surface area contributed by atoms with Crippen LogP contribution in [0, 0.1) is 5.92 Å². The van der Waals surface area contributed by atoms with Crippen LogP contribution in [0.25, 0.3) is 0 Å². The van der Waals surface area contributed by atoms with Crippen molar-refractivity contribution < 1.29 is 18.7 Å². The van der Waals surface area contributed by atoms with E-state index >= 15 is 0 Å². The maximum absolute atomic E-state index is 13.0. The van der Waals surface area contributed by atoms with Crippen molar-refractivity contribution in [2.45, 2.75) is 63.3 Å². The third kappa shape index (κ3) is 4.01. The first-order chi connectivity index (χ1) is 12.3. The number of carbonyl (C=O) groups excluding carboxylic acids is 1. The summed E-state index contributed by atoms with van der Waals surface area (Å²) in [4.78, 5) is 14.8. The number of furan rings is 1. The van der Waals surface area contributed by atoms with E-state index in [0.717, 1.165) is 57.5 Å². The predicted octanol–water partition coefficient (Wildman–Crippen LogP) is 2.93. The molecule has 1 aromatic rings. The van der Waals surface area contributed by atoms with Gasteiger partial charge in [-0.25, -0.2) is 4.79 Å². The minimum Gasteiger partial charge on any atom is -0.467 e. The van der Waals surface area contributed by atoms with Crippen LogP contribution in [0.1, 0.15) is 44.3 Å². The Morgan fingerprint density at radius 2 is 2.12 bits per heavy atom. The van der Waals surface area contributed by atoms with Crippen molar-refractivity contribution in [3.8, 4) is 0 Å². The quantitative estimate of drug-likeness (QED) is 0.889. The Kier molecular flexibility index (Phi) is 5.27. The summed E-state index contributed by atoms with van der Waals surface area (Å²) in [5.41, 5.74) is 0. The molecule has 0 aromatic carbocycles. The van der Waals surface area contributed by atoms with E-state index in [2.05, 4.69) is 5.32 Å². The van der Waals surface area contributed by atoms with Gasteiger partial charge in [0.1, 0.15) is 5.76 Å². The lowest BCUT2D eigenvalue weighted by Gasteiger charge is -2.35. The van der Waals surface area contributed by atoms with Crippen LogP contribution in [0.2, 0.25) is 0 Å². The van der Waals surface area contributed by atoms with Gasteiger partial charge in [0.2, 0.25) is 0 Å². The summed E-state index contributed by atoms with van der Waals surface area (Å²) in [6.07, 6.45) is 8.56. The van der Waals surface area contributed by atoms with Gasteiger partial charge in [-0.3, -0.25) is 0 Å². The minimum atomic E-state index is -0.00977. The standard InChI is InChI=1S/C19H28N2O4/c22-19(20-17-6-1-7-18-16(17)8-11-25-18)21(12-14-4-2-9-23-14)13-15-5-3-10-24-15/h2,4,9,15-18H,1,3,5-8,10-13H2,(H,20,22)/t15-,16-,17+,18-/m0/s1. The van der Waals surface area contributed by atoms with Crippen molar-refractivity contribution in [2.75, 3.05) is 19.8 Å². The molecule has 2 saturated heterocycles. The van der Waals surface area contributed by atoms with E-state index in [0.29, 0.717) is 25.1 Å². The molecular formula is C19H28N2O4. The molecule has 0 radical (unpaired) electrons. The van der Waals surface area contributed by atoms with Crippen LogP contribution in [0.15, 0.2) is 22.8 Å². The number of carbonyl (C=O) groups is 1. The van der Waals surface area contributed by atoms with Crippen molar-refractivity contribution in [3.63, 3.8) is 0 Å². The molecule has 3 fully saturated rings. The van der Waals surface area contributed by atoms with E-state index in [1.807, 2.05) is 17.0 Å². The average Bonchev–Trinajstić information content (AvgIpc) is 3.37. The molecule has 0 bridgehead atoms. The van der Waals surface area contributed by atoms with Crippen molar-refractivity contribution in [2.24, 2.45) is 5.92 Å². The SMILES string of the molecule is O=C(N[C@@H]1CCC[C@@H]2OCC[C@H]21)N(Cc1ccco1)C[C@@H]1CCCO1. The summed E-state index contributed by atoms with van der Waals surface area (Å²) >= 11 is 0. The molecule has 4 rings (SSSR count). The number of ether oxygens (including phenoxy) is 2. The average molecular weight is 348 g/mol. The van der Waals surface area contributed by atoms with E-state index in [1.165, 1.54) is 0 Å². The van der Waals surface area contributed by atoms with Crippen LogP contribution in [0.5, 0.6) is 0 Å². The van der Waals surface area contributed by atoms with Gasteiger partial charge in [0.25, 0.3) is 0 Å². The summed E-state index contributed by atoms with van der Waals surface area (Å²) in [6, 6.07) is 3.98. The smallest absolute Gasteiger partial charge is 0.318 e. The zero-order valence-electron chi connectivity index (χ0n) is 14.7. The molecule has 6 heteroatoms. The number of rotatable bonds is 5. The first-order valence-corrected chi connectivity index (χ1v) is 9.60. The number of fused-ring (bicyclic) bond motifs is 1. The van der Waals surface area contributed by atoms with Crippen LogP contribution >= 0.6 is 0 Å². The number of nitrogens with zero attached hydrogens (tertiary/aromatic N) is 1. The minimum absolute atomic E-state index is 0.00977. The van der Waals surface area contributed by atoms with Gasteiger partial charge < -0.3 is 24.1 Å². The van der Waals surface area contributed by atoms with Gasteiger partial charge >= 0.3 is 6.03 Å². The third-order valence-corrected chi connectivity index (χ3v) is 5.75. The highest BCUT2D eigenvalue weighted by Crippen LogP contribution is 2.34. The highest BCUT2D eigenvalue weighted by molar-refractivity contribution is 5.74. The Labute approximate surface area is 148 Å². The van der Waals surface area contributed by atoms with E-state index in [1.54, 1.807) is 6.26 Å². The second kappa shape index (κ2) is 7.79. The number of amides is 2. The van der Waals surface area contributed by atoms with Gasteiger partial charge in [-0.15, -0.1) is 0 Å². The molecular weight excluding hydrogens is 320 g/mol. The van der Waals surface area contributed by atoms with Gasteiger partial charge in [-0.05, 0) is 50.7 Å². The monoisotopic (exact) mass is 348 g/mol. The van der Waals surface area contributed by atoms with Gasteiger partial charge in [0, 0.05) is 31.7 Å². The fraction of sp³-hybridized carbons (Fsp3) is 0.737. The molecule has 138 valence electrons. The second-order valence-corrected chi connectivity index (χ2v) is 7.44. The first-order valence-electron chi connectivity index (χ1n) is 9.60. The number of hydrogen-bond donors (Lipinski definition) is 1. The van der Waals surface area contributed by atoms with Crippen LogP contribution < -0.4 is 5.32 Å². The summed E-state index contributed by atoms with van der Waals surface area (Å²) in [7, 11) is 0. The van der Waals surface area contributed by atoms with Crippen LogP contribution in [-0.2, 0) is 16.0 Å². The second-order valence-electron chi connectivity index (χ2n) is 7.44. The van der Waals surface area contributed by atoms with Crippen LogP contribution in [0.4, 0.5) is 4.79 Å². The number of hydrogen-bond acceptors (Lipinski definition) is 4.